The molecule has 0 saturated heterocycles. The van der Waals surface area contributed by atoms with Gasteiger partial charge in [0.15, 0.2) is 5.60 Å². The second-order valence-electron chi connectivity index (χ2n) is 7.60. The molecule has 0 aliphatic rings. The van der Waals surface area contributed by atoms with Crippen molar-refractivity contribution in [2.24, 2.45) is 0 Å². The number of unbranched alkanes of at least 4 members (excludes halogenated alkanes) is 6. The van der Waals surface area contributed by atoms with Gasteiger partial charge in [-0.3, -0.25) is 14.4 Å². The summed E-state index contributed by atoms with van der Waals surface area (Å²) in [6.45, 7) is 9.92. The SMILES string of the molecule is CCCCCCCCCC(=O)OCCN(CC)CC.O=C(O)CC(O)(CC(=O)O)C(=O)O. The summed E-state index contributed by atoms with van der Waals surface area (Å²) in [5.41, 5.74) is -2.74. The van der Waals surface area contributed by atoms with Gasteiger partial charge in [-0.1, -0.05) is 59.3 Å². The molecule has 0 aliphatic carbocycles. The largest absolute Gasteiger partial charge is 0.481 e. The first-order chi connectivity index (χ1) is 15.0. The summed E-state index contributed by atoms with van der Waals surface area (Å²) in [7, 11) is 0. The summed E-state index contributed by atoms with van der Waals surface area (Å²) in [4.78, 5) is 44.2. The van der Waals surface area contributed by atoms with Crippen molar-refractivity contribution in [2.75, 3.05) is 26.2 Å². The van der Waals surface area contributed by atoms with Gasteiger partial charge in [0.1, 0.15) is 6.61 Å². The highest BCUT2D eigenvalue weighted by Crippen LogP contribution is 2.15. The van der Waals surface area contributed by atoms with Gasteiger partial charge < -0.3 is 30.1 Å². The van der Waals surface area contributed by atoms with E-state index in [2.05, 4.69) is 25.7 Å². The molecule has 0 spiro atoms. The predicted octanol–water partition coefficient (Wildman–Crippen LogP) is 2.76. The van der Waals surface area contributed by atoms with E-state index >= 15 is 0 Å². The summed E-state index contributed by atoms with van der Waals surface area (Å²) in [6, 6.07) is 0. The molecule has 0 aromatic carbocycles. The molecule has 0 fully saturated rings. The monoisotopic (exact) mass is 463 g/mol. The normalized spacial score (nSPS) is 10.9. The molecule has 0 amide bonds. The van der Waals surface area contributed by atoms with E-state index in [1.54, 1.807) is 0 Å². The van der Waals surface area contributed by atoms with Crippen molar-refractivity contribution in [3.8, 4) is 0 Å². The van der Waals surface area contributed by atoms with Crippen molar-refractivity contribution in [1.29, 1.82) is 0 Å². The van der Waals surface area contributed by atoms with Gasteiger partial charge in [0.05, 0.1) is 12.8 Å². The number of carboxylic acid groups (broad SMARTS) is 3. The molecule has 0 aromatic heterocycles. The van der Waals surface area contributed by atoms with Gasteiger partial charge in [-0.15, -0.1) is 0 Å². The lowest BCUT2D eigenvalue weighted by molar-refractivity contribution is -0.170. The molecule has 4 N–H and O–H groups in total. The zero-order valence-corrected chi connectivity index (χ0v) is 19.7. The van der Waals surface area contributed by atoms with Gasteiger partial charge in [0.2, 0.25) is 0 Å². The fraction of sp³-hybridized carbons (Fsp3) is 0.818. The summed E-state index contributed by atoms with van der Waals surface area (Å²) in [5.74, 6) is -5.05. The van der Waals surface area contributed by atoms with E-state index in [-0.39, 0.29) is 5.97 Å². The Morgan fingerprint density at radius 3 is 1.66 bits per heavy atom. The van der Waals surface area contributed by atoms with Crippen LogP contribution in [0.4, 0.5) is 0 Å². The van der Waals surface area contributed by atoms with Crippen LogP contribution < -0.4 is 0 Å². The average Bonchev–Trinajstić information content (AvgIpc) is 2.69. The molecule has 0 radical (unpaired) electrons. The Balaban J connectivity index is 0. The molecule has 0 saturated carbocycles. The molecule has 0 unspecified atom stereocenters. The number of hydrogen-bond donors (Lipinski definition) is 4. The Morgan fingerprint density at radius 2 is 1.25 bits per heavy atom. The molecule has 0 bridgehead atoms. The number of aliphatic hydroxyl groups is 1. The van der Waals surface area contributed by atoms with Crippen molar-refractivity contribution in [1.82, 2.24) is 4.90 Å². The molecule has 32 heavy (non-hydrogen) atoms. The third-order valence-electron chi connectivity index (χ3n) is 4.83. The lowest BCUT2D eigenvalue weighted by atomic mass is 9.96. The number of esters is 1. The van der Waals surface area contributed by atoms with E-state index in [1.807, 2.05) is 0 Å². The van der Waals surface area contributed by atoms with Gasteiger partial charge in [-0.05, 0) is 19.5 Å². The maximum absolute atomic E-state index is 11.5. The molecule has 10 heteroatoms. The van der Waals surface area contributed by atoms with Crippen LogP contribution in [0.5, 0.6) is 0 Å². The van der Waals surface area contributed by atoms with Gasteiger partial charge in [-0.25, -0.2) is 4.79 Å². The summed E-state index contributed by atoms with van der Waals surface area (Å²) >= 11 is 0. The first-order valence-corrected chi connectivity index (χ1v) is 11.3. The number of ether oxygens (including phenoxy) is 1. The number of carbonyl (C=O) groups is 4. The number of aliphatic carboxylic acids is 3. The first kappa shape index (κ1) is 32.0. The molecular weight excluding hydrogens is 422 g/mol. The van der Waals surface area contributed by atoms with Gasteiger partial charge in [0.25, 0.3) is 0 Å². The topological polar surface area (TPSA) is 162 Å². The second-order valence-corrected chi connectivity index (χ2v) is 7.60. The van der Waals surface area contributed by atoms with Crippen LogP contribution in [0.3, 0.4) is 0 Å². The highest BCUT2D eigenvalue weighted by Gasteiger charge is 2.40. The molecule has 188 valence electrons. The zero-order valence-electron chi connectivity index (χ0n) is 19.7. The summed E-state index contributed by atoms with van der Waals surface area (Å²) < 4.78 is 5.24. The Morgan fingerprint density at radius 1 is 0.781 bits per heavy atom. The molecule has 0 atom stereocenters. The lowest BCUT2D eigenvalue weighted by Gasteiger charge is -2.18. The standard InChI is InChI=1S/C16H33NO2.C6H8O7/c1-4-7-8-9-10-11-12-13-16(18)19-15-14-17(5-2)6-3;7-3(8)1-6(13,5(11)12)2-4(9)10/h4-15H2,1-3H3;13H,1-2H2,(H,7,8)(H,9,10)(H,11,12). The third kappa shape index (κ3) is 18.6. The van der Waals surface area contributed by atoms with Crippen molar-refractivity contribution in [3.63, 3.8) is 0 Å². The molecule has 0 rings (SSSR count). The van der Waals surface area contributed by atoms with Crippen LogP contribution in [-0.2, 0) is 23.9 Å². The molecule has 10 nitrogen and oxygen atoms in total. The highest BCUT2D eigenvalue weighted by atomic mass is 16.5. The first-order valence-electron chi connectivity index (χ1n) is 11.3. The Labute approximate surface area is 190 Å². The third-order valence-corrected chi connectivity index (χ3v) is 4.83. The van der Waals surface area contributed by atoms with E-state index in [4.69, 9.17) is 25.2 Å². The van der Waals surface area contributed by atoms with Gasteiger partial charge in [0, 0.05) is 13.0 Å². The molecule has 0 aliphatic heterocycles. The van der Waals surface area contributed by atoms with Crippen LogP contribution in [0, 0.1) is 0 Å². The fourth-order valence-electron chi connectivity index (χ4n) is 2.84. The number of nitrogens with zero attached hydrogens (tertiary/aromatic N) is 1. The van der Waals surface area contributed by atoms with Crippen molar-refractivity contribution in [2.45, 2.75) is 90.6 Å². The highest BCUT2D eigenvalue weighted by molar-refractivity contribution is 5.88. The van der Waals surface area contributed by atoms with Crippen molar-refractivity contribution < 1.29 is 44.3 Å². The van der Waals surface area contributed by atoms with E-state index < -0.39 is 36.4 Å². The van der Waals surface area contributed by atoms with Crippen molar-refractivity contribution in [3.05, 3.63) is 0 Å². The minimum atomic E-state index is -2.74. The predicted molar refractivity (Wildman–Crippen MR) is 118 cm³/mol. The minimum absolute atomic E-state index is 0.0271. The van der Waals surface area contributed by atoms with Crippen LogP contribution in [0.1, 0.15) is 85.0 Å². The quantitative estimate of drug-likeness (QED) is 0.176. The van der Waals surface area contributed by atoms with E-state index in [9.17, 15) is 19.2 Å². The van der Waals surface area contributed by atoms with Crippen LogP contribution in [0.25, 0.3) is 0 Å². The van der Waals surface area contributed by atoms with Gasteiger partial charge >= 0.3 is 23.9 Å². The van der Waals surface area contributed by atoms with Gasteiger partial charge in [-0.2, -0.15) is 0 Å². The van der Waals surface area contributed by atoms with Crippen LogP contribution in [-0.4, -0.2) is 81.0 Å². The maximum Gasteiger partial charge on any atom is 0.336 e. The van der Waals surface area contributed by atoms with Crippen LogP contribution in [0.2, 0.25) is 0 Å². The number of carboxylic acids is 3. The van der Waals surface area contributed by atoms with Crippen molar-refractivity contribution >= 4 is 23.9 Å². The number of carbonyl (C=O) groups excluding carboxylic acids is 1. The maximum atomic E-state index is 11.5. The van der Waals surface area contributed by atoms with Crippen LogP contribution in [0.15, 0.2) is 0 Å². The Hall–Kier alpha value is -2.20. The Kier molecular flexibility index (Phi) is 19.5. The average molecular weight is 464 g/mol. The fourth-order valence-corrected chi connectivity index (χ4v) is 2.84. The molecule has 0 heterocycles. The number of rotatable bonds is 18. The van der Waals surface area contributed by atoms with E-state index in [0.29, 0.717) is 13.0 Å². The number of hydrogen-bond acceptors (Lipinski definition) is 7. The molecular formula is C22H41NO9. The van der Waals surface area contributed by atoms with E-state index in [1.165, 1.54) is 32.1 Å². The minimum Gasteiger partial charge on any atom is -0.481 e. The lowest BCUT2D eigenvalue weighted by Crippen LogP contribution is -2.42. The van der Waals surface area contributed by atoms with Crippen LogP contribution >= 0.6 is 0 Å². The summed E-state index contributed by atoms with van der Waals surface area (Å²) in [5, 5.41) is 33.8. The second kappa shape index (κ2) is 19.5. The summed E-state index contributed by atoms with van der Waals surface area (Å²) in [6.07, 6.45) is 6.98. The smallest absolute Gasteiger partial charge is 0.336 e. The molecule has 0 aromatic rings. The number of likely N-dealkylation sites (N-methyl/N-ethyl adjacent to an activating group) is 1. The Bertz CT molecular complexity index is 532. The van der Waals surface area contributed by atoms with E-state index in [0.717, 1.165) is 32.5 Å². The zero-order chi connectivity index (χ0) is 25.0.